The summed E-state index contributed by atoms with van der Waals surface area (Å²) in [7, 11) is -4.11. The molecule has 192 valence electrons. The second kappa shape index (κ2) is 9.88. The Labute approximate surface area is 223 Å². The molecule has 0 bridgehead atoms. The molecule has 0 radical (unpaired) electrons. The van der Waals surface area contributed by atoms with Crippen molar-refractivity contribution in [2.24, 2.45) is 5.92 Å². The molecule has 1 aliphatic rings. The van der Waals surface area contributed by atoms with Gasteiger partial charge in [0.2, 0.25) is 0 Å². The molecule has 1 N–H and O–H groups in total. The van der Waals surface area contributed by atoms with Gasteiger partial charge in [-0.2, -0.15) is 8.75 Å². The van der Waals surface area contributed by atoms with Crippen molar-refractivity contribution in [3.05, 3.63) is 81.2 Å². The summed E-state index contributed by atoms with van der Waals surface area (Å²) in [6, 6.07) is 14.4. The van der Waals surface area contributed by atoms with Crippen LogP contribution in [0.15, 0.2) is 64.3 Å². The molecule has 1 aliphatic heterocycles. The van der Waals surface area contributed by atoms with E-state index in [1.165, 1.54) is 18.2 Å². The second-order valence-electron chi connectivity index (χ2n) is 9.30. The molecule has 1 amide bonds. The highest BCUT2D eigenvalue weighted by molar-refractivity contribution is 7.93. The fourth-order valence-electron chi connectivity index (χ4n) is 4.73. The van der Waals surface area contributed by atoms with Gasteiger partial charge < -0.3 is 9.47 Å². The molecular weight excluding hydrogens is 534 g/mol. The van der Waals surface area contributed by atoms with E-state index in [2.05, 4.69) is 13.5 Å². The highest BCUT2D eigenvalue weighted by atomic mass is 35.5. The van der Waals surface area contributed by atoms with Gasteiger partial charge in [0.1, 0.15) is 15.9 Å². The quantitative estimate of drug-likeness (QED) is 0.402. The largest absolute Gasteiger partial charge is 0.338 e. The van der Waals surface area contributed by atoms with E-state index in [1.54, 1.807) is 39.8 Å². The molecule has 2 atom stereocenters. The molecule has 0 unspecified atom stereocenters. The molecule has 0 saturated carbocycles. The van der Waals surface area contributed by atoms with Crippen molar-refractivity contribution in [3.8, 4) is 0 Å². The van der Waals surface area contributed by atoms with E-state index in [-0.39, 0.29) is 50.0 Å². The van der Waals surface area contributed by atoms with Crippen LogP contribution < -0.4 is 10.3 Å². The third kappa shape index (κ3) is 4.98. The maximum absolute atomic E-state index is 13.8. The number of pyridine rings is 1. The number of nitrogens with zero attached hydrogens (tertiary/aromatic N) is 4. The zero-order chi connectivity index (χ0) is 26.3. The van der Waals surface area contributed by atoms with E-state index in [4.69, 9.17) is 11.6 Å². The van der Waals surface area contributed by atoms with Crippen molar-refractivity contribution >= 4 is 56.0 Å². The number of carbonyl (C=O) groups excluding carboxylic acids is 1. The summed E-state index contributed by atoms with van der Waals surface area (Å²) in [5, 5.41) is 0.283. The van der Waals surface area contributed by atoms with Gasteiger partial charge in [0, 0.05) is 42.3 Å². The van der Waals surface area contributed by atoms with Crippen molar-refractivity contribution in [1.82, 2.24) is 18.2 Å². The normalized spacial score (nSPS) is 18.2. The Morgan fingerprint density at radius 2 is 1.84 bits per heavy atom. The monoisotopic (exact) mass is 557 g/mol. The SMILES string of the molecule is C[C@H]1CN(C(=O)c2ccc(Cl)cc2NS(=O)(=O)c2cccc3nsnc23)C[C@@H](C)c2cccc(=O)n2C1. The number of amides is 1. The van der Waals surface area contributed by atoms with Gasteiger partial charge in [-0.05, 0) is 42.3 Å². The number of nitrogens with one attached hydrogen (secondary N) is 1. The number of sulfonamides is 1. The van der Waals surface area contributed by atoms with Gasteiger partial charge in [-0.3, -0.25) is 14.3 Å². The second-order valence-corrected chi connectivity index (χ2v) is 11.9. The molecule has 0 fully saturated rings. The molecule has 9 nitrogen and oxygen atoms in total. The molecule has 12 heteroatoms. The van der Waals surface area contributed by atoms with Crippen molar-refractivity contribution in [1.29, 1.82) is 0 Å². The molecule has 4 aromatic rings. The predicted molar refractivity (Wildman–Crippen MR) is 144 cm³/mol. The van der Waals surface area contributed by atoms with E-state index >= 15 is 0 Å². The van der Waals surface area contributed by atoms with Gasteiger partial charge in [-0.15, -0.1) is 0 Å². The van der Waals surface area contributed by atoms with Gasteiger partial charge >= 0.3 is 0 Å². The summed E-state index contributed by atoms with van der Waals surface area (Å²) in [5.74, 6) is -0.432. The molecule has 2 aromatic heterocycles. The first-order valence-electron chi connectivity index (χ1n) is 11.7. The first kappa shape index (κ1) is 25.4. The Morgan fingerprint density at radius 3 is 2.65 bits per heavy atom. The molecule has 2 aromatic carbocycles. The van der Waals surface area contributed by atoms with Crippen LogP contribution in [0, 0.1) is 5.92 Å². The number of carbonyl (C=O) groups is 1. The number of halogens is 1. The van der Waals surface area contributed by atoms with E-state index in [9.17, 15) is 18.0 Å². The molecule has 0 spiro atoms. The van der Waals surface area contributed by atoms with Crippen LogP contribution in [0.1, 0.15) is 35.8 Å². The van der Waals surface area contributed by atoms with Crippen molar-refractivity contribution in [3.63, 3.8) is 0 Å². The minimum absolute atomic E-state index is 0.00231. The average molecular weight is 558 g/mol. The van der Waals surface area contributed by atoms with E-state index in [0.717, 1.165) is 17.4 Å². The number of anilines is 1. The fourth-order valence-corrected chi connectivity index (χ4v) is 6.74. The first-order valence-corrected chi connectivity index (χ1v) is 14.3. The van der Waals surface area contributed by atoms with Crippen LogP contribution >= 0.6 is 23.3 Å². The Morgan fingerprint density at radius 1 is 1.05 bits per heavy atom. The summed E-state index contributed by atoms with van der Waals surface area (Å²) in [4.78, 5) is 27.9. The Balaban J connectivity index is 1.49. The van der Waals surface area contributed by atoms with Crippen molar-refractivity contribution in [2.75, 3.05) is 17.8 Å². The number of hydrogen-bond acceptors (Lipinski definition) is 7. The molecular formula is C25H24ClN5O4S2. The summed E-state index contributed by atoms with van der Waals surface area (Å²) >= 11 is 7.14. The van der Waals surface area contributed by atoms with Crippen LogP contribution in [0.2, 0.25) is 5.02 Å². The smallest absolute Gasteiger partial charge is 0.264 e. The zero-order valence-electron chi connectivity index (χ0n) is 20.1. The van der Waals surface area contributed by atoms with Gasteiger partial charge in [0.15, 0.2) is 0 Å². The highest BCUT2D eigenvalue weighted by Gasteiger charge is 2.29. The van der Waals surface area contributed by atoms with Gasteiger partial charge in [0.05, 0.1) is 23.0 Å². The maximum Gasteiger partial charge on any atom is 0.264 e. The molecule has 37 heavy (non-hydrogen) atoms. The predicted octanol–water partition coefficient (Wildman–Crippen LogP) is 4.20. The van der Waals surface area contributed by atoms with E-state index in [0.29, 0.717) is 25.2 Å². The lowest BCUT2D eigenvalue weighted by Crippen LogP contribution is -2.42. The fraction of sp³-hybridized carbons (Fsp3) is 0.280. The minimum Gasteiger partial charge on any atom is -0.338 e. The van der Waals surface area contributed by atoms with E-state index < -0.39 is 10.0 Å². The maximum atomic E-state index is 13.8. The van der Waals surface area contributed by atoms with Gasteiger partial charge in [-0.1, -0.05) is 37.6 Å². The van der Waals surface area contributed by atoms with Crippen LogP contribution in [0.3, 0.4) is 0 Å². The van der Waals surface area contributed by atoms with Crippen LogP contribution in [-0.4, -0.2) is 45.6 Å². The molecule has 0 aliphatic carbocycles. The van der Waals surface area contributed by atoms with E-state index in [1.807, 2.05) is 19.9 Å². The van der Waals surface area contributed by atoms with Crippen LogP contribution in [0.5, 0.6) is 0 Å². The lowest BCUT2D eigenvalue weighted by Gasteiger charge is -2.33. The Bertz CT molecular complexity index is 1670. The number of fused-ring (bicyclic) bond motifs is 2. The summed E-state index contributed by atoms with van der Waals surface area (Å²) in [5.41, 5.74) is 1.79. The number of benzene rings is 2. The summed E-state index contributed by atoms with van der Waals surface area (Å²) < 4.78 is 39.3. The average Bonchev–Trinajstić information content (AvgIpc) is 3.32. The first-order chi connectivity index (χ1) is 17.6. The molecule has 0 saturated heterocycles. The highest BCUT2D eigenvalue weighted by Crippen LogP contribution is 2.29. The van der Waals surface area contributed by atoms with Crippen LogP contribution in [-0.2, 0) is 16.6 Å². The Kier molecular flexibility index (Phi) is 6.78. The zero-order valence-corrected chi connectivity index (χ0v) is 22.5. The standard InChI is InChI=1S/C25H24ClN5O4S2/c1-15-12-30(14-16(2)21-6-4-8-23(32)31(21)13-15)25(33)18-10-9-17(26)11-20(18)29-37(34,35)22-7-3-5-19-24(22)28-36-27-19/h3-11,15-16,29H,12-14H2,1-2H3/t15-,16+/m0/s1. The van der Waals surface area contributed by atoms with Crippen LogP contribution in [0.4, 0.5) is 5.69 Å². The minimum atomic E-state index is -4.11. The molecule has 3 heterocycles. The summed E-state index contributed by atoms with van der Waals surface area (Å²) in [6.07, 6.45) is 0. The third-order valence-corrected chi connectivity index (χ3v) is 8.57. The van der Waals surface area contributed by atoms with Gasteiger partial charge in [-0.25, -0.2) is 8.42 Å². The number of aromatic nitrogens is 3. The number of rotatable bonds is 4. The number of hydrogen-bond donors (Lipinski definition) is 1. The van der Waals surface area contributed by atoms with Gasteiger partial charge in [0.25, 0.3) is 21.5 Å². The third-order valence-electron chi connectivity index (χ3n) is 6.39. The molecule has 5 rings (SSSR count). The van der Waals surface area contributed by atoms with Crippen LogP contribution in [0.25, 0.3) is 11.0 Å². The summed E-state index contributed by atoms with van der Waals surface area (Å²) in [6.45, 7) is 5.20. The lowest BCUT2D eigenvalue weighted by atomic mass is 10.00. The Hall–Kier alpha value is -3.28. The topological polar surface area (TPSA) is 114 Å². The van der Waals surface area contributed by atoms with Crippen molar-refractivity contribution in [2.45, 2.75) is 31.2 Å². The van der Waals surface area contributed by atoms with Crippen molar-refractivity contribution < 1.29 is 13.2 Å². The lowest BCUT2D eigenvalue weighted by molar-refractivity contribution is 0.0706.